The molecular weight excluding hydrogens is 256 g/mol. The fourth-order valence-electron chi connectivity index (χ4n) is 1.94. The van der Waals surface area contributed by atoms with Gasteiger partial charge in [-0.1, -0.05) is 29.5 Å². The topological polar surface area (TPSA) is 71.2 Å². The predicted molar refractivity (Wildman–Crippen MR) is 74.5 cm³/mol. The molecule has 0 atom stereocenters. The third kappa shape index (κ3) is 3.64. The van der Waals surface area contributed by atoms with Gasteiger partial charge in [0.15, 0.2) is 5.69 Å². The number of hydrogen-bond donors (Lipinski definition) is 1. The summed E-state index contributed by atoms with van der Waals surface area (Å²) in [6.07, 6.45) is 1.45. The van der Waals surface area contributed by atoms with E-state index in [2.05, 4.69) is 34.3 Å². The molecule has 6 heteroatoms. The minimum Gasteiger partial charge on any atom is -0.476 e. The van der Waals surface area contributed by atoms with Crippen LogP contribution in [-0.2, 0) is 13.1 Å². The molecule has 106 valence electrons. The fraction of sp³-hybridized carbons (Fsp3) is 0.357. The summed E-state index contributed by atoms with van der Waals surface area (Å²) in [6.45, 7) is 4.34. The lowest BCUT2D eigenvalue weighted by atomic mass is 10.1. The van der Waals surface area contributed by atoms with Crippen LogP contribution in [-0.4, -0.2) is 44.6 Å². The van der Waals surface area contributed by atoms with Crippen molar-refractivity contribution in [1.82, 2.24) is 19.9 Å². The van der Waals surface area contributed by atoms with Crippen LogP contribution in [0.2, 0.25) is 0 Å². The smallest absolute Gasteiger partial charge is 0.358 e. The first-order chi connectivity index (χ1) is 9.56. The second-order valence-corrected chi connectivity index (χ2v) is 4.84. The minimum absolute atomic E-state index is 0.0217. The monoisotopic (exact) mass is 274 g/mol. The molecular formula is C14H18N4O2. The van der Waals surface area contributed by atoms with E-state index in [0.29, 0.717) is 6.54 Å². The van der Waals surface area contributed by atoms with Gasteiger partial charge in [0.1, 0.15) is 0 Å². The number of carbonyl (C=O) groups is 1. The first-order valence-electron chi connectivity index (χ1n) is 6.43. The van der Waals surface area contributed by atoms with Gasteiger partial charge in [0.05, 0.1) is 12.7 Å². The summed E-state index contributed by atoms with van der Waals surface area (Å²) in [7, 11) is 2.03. The number of nitrogens with zero attached hydrogens (tertiary/aromatic N) is 4. The second-order valence-electron chi connectivity index (χ2n) is 4.84. The molecule has 2 aromatic rings. The molecule has 6 nitrogen and oxygen atoms in total. The summed E-state index contributed by atoms with van der Waals surface area (Å²) >= 11 is 0. The van der Waals surface area contributed by atoms with Crippen molar-refractivity contribution in [2.45, 2.75) is 20.0 Å². The zero-order chi connectivity index (χ0) is 14.5. The van der Waals surface area contributed by atoms with Gasteiger partial charge in [-0.2, -0.15) is 0 Å². The molecule has 2 rings (SSSR count). The molecule has 0 aliphatic heterocycles. The highest BCUT2D eigenvalue weighted by Gasteiger charge is 2.09. The molecule has 1 aromatic heterocycles. The molecule has 0 amide bonds. The first kappa shape index (κ1) is 14.2. The van der Waals surface area contributed by atoms with Crippen LogP contribution in [0.3, 0.4) is 0 Å². The Hall–Kier alpha value is -2.21. The summed E-state index contributed by atoms with van der Waals surface area (Å²) in [4.78, 5) is 12.9. The second kappa shape index (κ2) is 6.29. The van der Waals surface area contributed by atoms with E-state index in [-0.39, 0.29) is 5.69 Å². The first-order valence-corrected chi connectivity index (χ1v) is 6.43. The summed E-state index contributed by atoms with van der Waals surface area (Å²) in [5.41, 5.74) is 2.54. The number of benzene rings is 1. The molecule has 1 aromatic carbocycles. The average Bonchev–Trinajstić information content (AvgIpc) is 2.88. The Morgan fingerprint density at radius 3 is 2.80 bits per heavy atom. The third-order valence-electron chi connectivity index (χ3n) is 3.17. The highest BCUT2D eigenvalue weighted by atomic mass is 16.4. The van der Waals surface area contributed by atoms with Gasteiger partial charge < -0.3 is 10.0 Å². The zero-order valence-electron chi connectivity index (χ0n) is 11.7. The van der Waals surface area contributed by atoms with Gasteiger partial charge in [0.2, 0.25) is 0 Å². The SMILES string of the molecule is Cc1ccccc1CN(C)CCn1cc(C(=O)O)nn1. The molecule has 0 aliphatic carbocycles. The number of aryl methyl sites for hydroxylation is 1. The van der Waals surface area contributed by atoms with Crippen LogP contribution in [0.25, 0.3) is 0 Å². The largest absolute Gasteiger partial charge is 0.476 e. The average molecular weight is 274 g/mol. The van der Waals surface area contributed by atoms with Crippen molar-refractivity contribution in [2.75, 3.05) is 13.6 Å². The van der Waals surface area contributed by atoms with Crippen molar-refractivity contribution in [3.8, 4) is 0 Å². The molecule has 0 fully saturated rings. The van der Waals surface area contributed by atoms with Gasteiger partial charge in [-0.3, -0.25) is 4.68 Å². The lowest BCUT2D eigenvalue weighted by Crippen LogP contribution is -2.23. The van der Waals surface area contributed by atoms with Gasteiger partial charge in [-0.15, -0.1) is 5.10 Å². The van der Waals surface area contributed by atoms with Gasteiger partial charge in [0, 0.05) is 13.1 Å². The van der Waals surface area contributed by atoms with Crippen LogP contribution in [0.15, 0.2) is 30.5 Å². The van der Waals surface area contributed by atoms with Crippen molar-refractivity contribution in [3.05, 3.63) is 47.3 Å². The Kier molecular flexibility index (Phi) is 4.47. The van der Waals surface area contributed by atoms with E-state index in [0.717, 1.165) is 13.1 Å². The number of aromatic nitrogens is 3. The standard InChI is InChI=1S/C14H18N4O2/c1-11-5-3-4-6-12(11)9-17(2)7-8-18-10-13(14(19)20)15-16-18/h3-6,10H,7-9H2,1-2H3,(H,19,20). The lowest BCUT2D eigenvalue weighted by molar-refractivity contribution is 0.0690. The third-order valence-corrected chi connectivity index (χ3v) is 3.17. The van der Waals surface area contributed by atoms with Crippen molar-refractivity contribution in [2.24, 2.45) is 0 Å². The fourth-order valence-corrected chi connectivity index (χ4v) is 1.94. The van der Waals surface area contributed by atoms with Gasteiger partial charge in [-0.05, 0) is 25.1 Å². The normalized spacial score (nSPS) is 10.9. The van der Waals surface area contributed by atoms with Crippen molar-refractivity contribution >= 4 is 5.97 Å². The Labute approximate surface area is 117 Å². The minimum atomic E-state index is -1.05. The molecule has 0 unspecified atom stereocenters. The van der Waals surface area contributed by atoms with E-state index in [4.69, 9.17) is 5.11 Å². The summed E-state index contributed by atoms with van der Waals surface area (Å²) in [5, 5.41) is 16.2. The molecule has 0 saturated heterocycles. The summed E-state index contributed by atoms with van der Waals surface area (Å²) in [5.74, 6) is -1.05. The number of rotatable bonds is 6. The molecule has 1 N–H and O–H groups in total. The molecule has 1 heterocycles. The van der Waals surface area contributed by atoms with Gasteiger partial charge in [-0.25, -0.2) is 4.79 Å². The maximum atomic E-state index is 10.7. The van der Waals surface area contributed by atoms with E-state index in [9.17, 15) is 4.79 Å². The van der Waals surface area contributed by atoms with Crippen LogP contribution < -0.4 is 0 Å². The van der Waals surface area contributed by atoms with Crippen LogP contribution >= 0.6 is 0 Å². The predicted octanol–water partition coefficient (Wildman–Crippen LogP) is 1.42. The Morgan fingerprint density at radius 2 is 2.15 bits per heavy atom. The maximum Gasteiger partial charge on any atom is 0.358 e. The van der Waals surface area contributed by atoms with E-state index in [1.165, 1.54) is 17.3 Å². The molecule has 20 heavy (non-hydrogen) atoms. The van der Waals surface area contributed by atoms with Crippen molar-refractivity contribution in [3.63, 3.8) is 0 Å². The van der Waals surface area contributed by atoms with Crippen LogP contribution in [0.5, 0.6) is 0 Å². The van der Waals surface area contributed by atoms with Crippen LogP contribution in [0, 0.1) is 6.92 Å². The Morgan fingerprint density at radius 1 is 1.40 bits per heavy atom. The lowest BCUT2D eigenvalue weighted by Gasteiger charge is -2.17. The number of carboxylic acid groups (broad SMARTS) is 1. The quantitative estimate of drug-likeness (QED) is 0.862. The van der Waals surface area contributed by atoms with E-state index < -0.39 is 5.97 Å². The van der Waals surface area contributed by atoms with Gasteiger partial charge in [0.25, 0.3) is 0 Å². The molecule has 0 spiro atoms. The summed E-state index contributed by atoms with van der Waals surface area (Å²) in [6, 6.07) is 8.28. The maximum absolute atomic E-state index is 10.7. The number of likely N-dealkylation sites (N-methyl/N-ethyl adjacent to an activating group) is 1. The number of carboxylic acids is 1. The summed E-state index contributed by atoms with van der Waals surface area (Å²) < 4.78 is 1.55. The number of hydrogen-bond acceptors (Lipinski definition) is 4. The zero-order valence-corrected chi connectivity index (χ0v) is 11.7. The van der Waals surface area contributed by atoms with Gasteiger partial charge >= 0.3 is 5.97 Å². The van der Waals surface area contributed by atoms with E-state index in [1.54, 1.807) is 4.68 Å². The Bertz CT molecular complexity index is 594. The Balaban J connectivity index is 1.87. The van der Waals surface area contributed by atoms with Crippen molar-refractivity contribution < 1.29 is 9.90 Å². The molecule has 0 radical (unpaired) electrons. The molecule has 0 saturated carbocycles. The number of aromatic carboxylic acids is 1. The van der Waals surface area contributed by atoms with E-state index in [1.807, 2.05) is 19.2 Å². The van der Waals surface area contributed by atoms with E-state index >= 15 is 0 Å². The van der Waals surface area contributed by atoms with Crippen LogP contribution in [0.1, 0.15) is 21.6 Å². The highest BCUT2D eigenvalue weighted by molar-refractivity contribution is 5.84. The highest BCUT2D eigenvalue weighted by Crippen LogP contribution is 2.09. The molecule has 0 aliphatic rings. The van der Waals surface area contributed by atoms with Crippen molar-refractivity contribution in [1.29, 1.82) is 0 Å². The molecule has 0 bridgehead atoms. The van der Waals surface area contributed by atoms with Crippen LogP contribution in [0.4, 0.5) is 0 Å².